The molecule has 0 N–H and O–H groups in total. The van der Waals surface area contributed by atoms with Crippen molar-refractivity contribution in [1.82, 2.24) is 9.66 Å². The average Bonchev–Trinajstić information content (AvgIpc) is 3.37. The number of furan rings is 1. The van der Waals surface area contributed by atoms with Crippen LogP contribution in [0.1, 0.15) is 11.1 Å². The Morgan fingerprint density at radius 2 is 1.76 bits per heavy atom. The fourth-order valence-corrected chi connectivity index (χ4v) is 4.54. The highest BCUT2D eigenvalue weighted by atomic mass is 79.9. The lowest BCUT2D eigenvalue weighted by molar-refractivity contribution is 0.306. The number of benzene rings is 4. The van der Waals surface area contributed by atoms with E-state index < -0.39 is 0 Å². The molecule has 8 heteroatoms. The van der Waals surface area contributed by atoms with E-state index >= 15 is 0 Å². The van der Waals surface area contributed by atoms with Crippen LogP contribution in [-0.2, 0) is 6.61 Å². The van der Waals surface area contributed by atoms with E-state index in [2.05, 4.69) is 21.0 Å². The zero-order valence-electron chi connectivity index (χ0n) is 19.8. The summed E-state index contributed by atoms with van der Waals surface area (Å²) in [6.07, 6.45) is 1.55. The summed E-state index contributed by atoms with van der Waals surface area (Å²) < 4.78 is 14.4. The molecule has 0 saturated heterocycles. The van der Waals surface area contributed by atoms with Gasteiger partial charge >= 0.3 is 0 Å². The zero-order valence-corrected chi connectivity index (χ0v) is 22.2. The maximum Gasteiger partial charge on any atom is 0.282 e. The summed E-state index contributed by atoms with van der Waals surface area (Å²) in [4.78, 5) is 18.3. The molecule has 186 valence electrons. The molecule has 2 heterocycles. The molecule has 0 aliphatic rings. The Labute approximate surface area is 230 Å². The summed E-state index contributed by atoms with van der Waals surface area (Å²) in [5.41, 5.74) is 2.56. The highest BCUT2D eigenvalue weighted by Gasteiger charge is 2.16. The number of halogens is 2. The van der Waals surface area contributed by atoms with Gasteiger partial charge in [0.1, 0.15) is 17.9 Å². The van der Waals surface area contributed by atoms with Gasteiger partial charge in [-0.1, -0.05) is 70.0 Å². The van der Waals surface area contributed by atoms with Crippen LogP contribution < -0.4 is 10.3 Å². The lowest BCUT2D eigenvalue weighted by atomic mass is 10.2. The van der Waals surface area contributed by atoms with Crippen LogP contribution in [0.2, 0.25) is 5.02 Å². The predicted molar refractivity (Wildman–Crippen MR) is 154 cm³/mol. The average molecular weight is 585 g/mol. The molecule has 38 heavy (non-hydrogen) atoms. The quantitative estimate of drug-likeness (QED) is 0.188. The molecule has 0 radical (unpaired) electrons. The number of rotatable bonds is 6. The van der Waals surface area contributed by atoms with E-state index in [9.17, 15) is 4.79 Å². The van der Waals surface area contributed by atoms with Crippen molar-refractivity contribution < 1.29 is 9.15 Å². The SMILES string of the molecule is O=c1c2ccccc2nc(-c2cc3ccccc3o2)n1N=Cc1cc(Cl)ccc1OCc1ccc(Br)cc1. The summed E-state index contributed by atoms with van der Waals surface area (Å²) >= 11 is 9.74. The number of hydrogen-bond donors (Lipinski definition) is 0. The Bertz CT molecular complexity index is 1840. The molecular weight excluding hydrogens is 566 g/mol. The minimum absolute atomic E-state index is 0.292. The Morgan fingerprint density at radius 3 is 2.61 bits per heavy atom. The summed E-state index contributed by atoms with van der Waals surface area (Å²) in [5.74, 6) is 1.30. The highest BCUT2D eigenvalue weighted by molar-refractivity contribution is 9.10. The van der Waals surface area contributed by atoms with Crippen molar-refractivity contribution in [3.63, 3.8) is 0 Å². The van der Waals surface area contributed by atoms with Gasteiger partial charge in [-0.05, 0) is 60.2 Å². The first-order valence-corrected chi connectivity index (χ1v) is 12.9. The van der Waals surface area contributed by atoms with Gasteiger partial charge in [0, 0.05) is 20.4 Å². The van der Waals surface area contributed by atoms with E-state index in [1.165, 1.54) is 4.68 Å². The molecule has 0 aliphatic carbocycles. The number of aromatic nitrogens is 2. The van der Waals surface area contributed by atoms with E-state index in [4.69, 9.17) is 25.7 Å². The van der Waals surface area contributed by atoms with Crippen molar-refractivity contribution in [2.75, 3.05) is 0 Å². The maximum atomic E-state index is 13.6. The van der Waals surface area contributed by atoms with E-state index in [0.717, 1.165) is 15.4 Å². The number of hydrogen-bond acceptors (Lipinski definition) is 5. The second-order valence-electron chi connectivity index (χ2n) is 8.56. The van der Waals surface area contributed by atoms with E-state index in [-0.39, 0.29) is 5.56 Å². The third-order valence-corrected chi connectivity index (χ3v) is 6.76. The Kier molecular flexibility index (Phi) is 6.54. The third kappa shape index (κ3) is 4.86. The molecule has 0 fully saturated rings. The first-order chi connectivity index (χ1) is 18.5. The van der Waals surface area contributed by atoms with Gasteiger partial charge in [0.15, 0.2) is 5.76 Å². The smallest absolute Gasteiger partial charge is 0.282 e. The summed E-state index contributed by atoms with van der Waals surface area (Å²) in [6.45, 7) is 0.359. The van der Waals surface area contributed by atoms with Crippen LogP contribution in [-0.4, -0.2) is 15.9 Å². The van der Waals surface area contributed by atoms with Gasteiger partial charge in [-0.2, -0.15) is 9.78 Å². The van der Waals surface area contributed by atoms with Crippen LogP contribution in [0.5, 0.6) is 5.75 Å². The lowest BCUT2D eigenvalue weighted by Crippen LogP contribution is -2.20. The van der Waals surface area contributed by atoms with Gasteiger partial charge in [-0.3, -0.25) is 4.79 Å². The van der Waals surface area contributed by atoms with E-state index in [0.29, 0.717) is 51.0 Å². The topological polar surface area (TPSA) is 69.6 Å². The summed E-state index contributed by atoms with van der Waals surface area (Å²) in [7, 11) is 0. The molecule has 4 aromatic carbocycles. The molecule has 0 bridgehead atoms. The number of para-hydroxylation sites is 2. The van der Waals surface area contributed by atoms with Crippen LogP contribution in [0, 0.1) is 0 Å². The molecule has 6 rings (SSSR count). The van der Waals surface area contributed by atoms with Crippen molar-refractivity contribution in [1.29, 1.82) is 0 Å². The second kappa shape index (κ2) is 10.3. The Hall–Kier alpha value is -4.20. The molecular formula is C30H19BrClN3O3. The zero-order chi connectivity index (χ0) is 26.1. The predicted octanol–water partition coefficient (Wildman–Crippen LogP) is 7.69. The van der Waals surface area contributed by atoms with Gasteiger partial charge < -0.3 is 9.15 Å². The second-order valence-corrected chi connectivity index (χ2v) is 9.91. The molecule has 0 atom stereocenters. The fourth-order valence-electron chi connectivity index (χ4n) is 4.10. The molecule has 0 unspecified atom stereocenters. The number of ether oxygens (including phenoxy) is 1. The van der Waals surface area contributed by atoms with E-state index in [1.54, 1.807) is 42.6 Å². The van der Waals surface area contributed by atoms with Crippen LogP contribution in [0.4, 0.5) is 0 Å². The first kappa shape index (κ1) is 24.2. The normalized spacial score (nSPS) is 11.5. The Morgan fingerprint density at radius 1 is 0.974 bits per heavy atom. The van der Waals surface area contributed by atoms with Crippen LogP contribution in [0.3, 0.4) is 0 Å². The number of fused-ring (bicyclic) bond motifs is 2. The Balaban J connectivity index is 1.43. The summed E-state index contributed by atoms with van der Waals surface area (Å²) in [6, 6.07) is 29.8. The fraction of sp³-hybridized carbons (Fsp3) is 0.0333. The van der Waals surface area contributed by atoms with Gasteiger partial charge in [0.25, 0.3) is 5.56 Å². The minimum atomic E-state index is -0.318. The van der Waals surface area contributed by atoms with Crippen molar-refractivity contribution in [3.8, 4) is 17.3 Å². The highest BCUT2D eigenvalue weighted by Crippen LogP contribution is 2.28. The van der Waals surface area contributed by atoms with Crippen molar-refractivity contribution in [2.45, 2.75) is 6.61 Å². The molecule has 6 nitrogen and oxygen atoms in total. The van der Waals surface area contributed by atoms with Gasteiger partial charge in [-0.15, -0.1) is 0 Å². The molecule has 2 aromatic heterocycles. The van der Waals surface area contributed by atoms with Crippen molar-refractivity contribution in [3.05, 3.63) is 128 Å². The minimum Gasteiger partial charge on any atom is -0.488 e. The molecule has 0 aliphatic heterocycles. The van der Waals surface area contributed by atoms with Gasteiger partial charge in [0.2, 0.25) is 5.82 Å². The summed E-state index contributed by atoms with van der Waals surface area (Å²) in [5, 5.41) is 6.42. The maximum absolute atomic E-state index is 13.6. The van der Waals surface area contributed by atoms with Gasteiger partial charge in [-0.25, -0.2) is 4.98 Å². The monoisotopic (exact) mass is 583 g/mol. The van der Waals surface area contributed by atoms with Gasteiger partial charge in [0.05, 0.1) is 17.1 Å². The molecule has 0 saturated carbocycles. The van der Waals surface area contributed by atoms with Crippen LogP contribution in [0.25, 0.3) is 33.5 Å². The third-order valence-electron chi connectivity index (χ3n) is 5.99. The van der Waals surface area contributed by atoms with Crippen LogP contribution >= 0.6 is 27.5 Å². The molecule has 0 spiro atoms. The number of nitrogens with zero attached hydrogens (tertiary/aromatic N) is 3. The first-order valence-electron chi connectivity index (χ1n) is 11.8. The van der Waals surface area contributed by atoms with Crippen molar-refractivity contribution >= 4 is 55.6 Å². The largest absolute Gasteiger partial charge is 0.488 e. The van der Waals surface area contributed by atoms with Crippen molar-refractivity contribution in [2.24, 2.45) is 5.10 Å². The molecule has 0 amide bonds. The standard InChI is InChI=1S/C30H19BrClN3O3/c31-22-11-9-19(10-12-22)18-37-26-14-13-23(32)15-21(26)17-33-35-29(28-16-20-5-1-4-8-27(20)38-28)34-25-7-3-2-6-24(25)30(35)36/h1-17H,18H2. The van der Waals surface area contributed by atoms with Crippen LogP contribution in [0.15, 0.2) is 116 Å². The lowest BCUT2D eigenvalue weighted by Gasteiger charge is -2.11. The van der Waals surface area contributed by atoms with E-state index in [1.807, 2.05) is 60.7 Å². The molecule has 6 aromatic rings.